The molecule has 0 saturated heterocycles. The van der Waals surface area contributed by atoms with E-state index in [2.05, 4.69) is 27.7 Å². The number of allylic oxidation sites excluding steroid dienone is 3. The van der Waals surface area contributed by atoms with E-state index in [1.807, 2.05) is 13.0 Å². The van der Waals surface area contributed by atoms with E-state index in [1.165, 1.54) is 42.4 Å². The van der Waals surface area contributed by atoms with Crippen LogP contribution in [0.4, 0.5) is 0 Å². The van der Waals surface area contributed by atoms with Crippen molar-refractivity contribution in [3.63, 3.8) is 0 Å². The van der Waals surface area contributed by atoms with Gasteiger partial charge in [0.05, 0.1) is 0 Å². The van der Waals surface area contributed by atoms with E-state index in [-0.39, 0.29) is 16.2 Å². The molecule has 0 aromatic carbocycles. The molecule has 5 rings (SSSR count). The van der Waals surface area contributed by atoms with Crippen molar-refractivity contribution in [2.24, 2.45) is 39.9 Å². The lowest BCUT2D eigenvalue weighted by molar-refractivity contribution is -0.145. The maximum atomic E-state index is 13.3. The smallest absolute Gasteiger partial charge is 0.155 e. The molecular formula is C27H38O2. The molecule has 0 radical (unpaired) electrons. The predicted octanol–water partition coefficient (Wildman–Crippen LogP) is 6.45. The molecule has 0 bridgehead atoms. The van der Waals surface area contributed by atoms with Gasteiger partial charge >= 0.3 is 0 Å². The van der Waals surface area contributed by atoms with Gasteiger partial charge in [-0.15, -0.1) is 0 Å². The molecule has 29 heavy (non-hydrogen) atoms. The van der Waals surface area contributed by atoms with Gasteiger partial charge < -0.3 is 0 Å². The van der Waals surface area contributed by atoms with Crippen molar-refractivity contribution in [3.05, 3.63) is 22.8 Å². The van der Waals surface area contributed by atoms with Crippen LogP contribution in [-0.4, -0.2) is 11.6 Å². The molecule has 0 spiro atoms. The van der Waals surface area contributed by atoms with Crippen molar-refractivity contribution in [1.29, 1.82) is 0 Å². The molecule has 2 nitrogen and oxygen atoms in total. The largest absolute Gasteiger partial charge is 0.299 e. The molecule has 3 fully saturated rings. The van der Waals surface area contributed by atoms with Crippen molar-refractivity contribution >= 4 is 11.6 Å². The first kappa shape index (κ1) is 19.8. The van der Waals surface area contributed by atoms with Gasteiger partial charge in [0.25, 0.3) is 0 Å². The minimum absolute atomic E-state index is 0.133. The molecule has 5 aliphatic carbocycles. The molecule has 0 N–H and O–H groups in total. The summed E-state index contributed by atoms with van der Waals surface area (Å²) in [5.74, 6) is 3.44. The Kier molecular flexibility index (Phi) is 4.21. The van der Waals surface area contributed by atoms with Crippen LogP contribution in [0, 0.1) is 39.9 Å². The van der Waals surface area contributed by atoms with Crippen LogP contribution >= 0.6 is 0 Å². The number of fused-ring (bicyclic) bond motifs is 7. The topological polar surface area (TPSA) is 34.1 Å². The Morgan fingerprint density at radius 1 is 1.03 bits per heavy atom. The monoisotopic (exact) mass is 394 g/mol. The fourth-order valence-corrected chi connectivity index (χ4v) is 9.37. The summed E-state index contributed by atoms with van der Waals surface area (Å²) >= 11 is 0. The average Bonchev–Trinajstić information content (AvgIpc) is 2.92. The van der Waals surface area contributed by atoms with Gasteiger partial charge in [-0.3, -0.25) is 9.59 Å². The van der Waals surface area contributed by atoms with Gasteiger partial charge in [0.1, 0.15) is 5.78 Å². The van der Waals surface area contributed by atoms with Crippen LogP contribution in [0.2, 0.25) is 0 Å². The first-order valence-electron chi connectivity index (χ1n) is 12.0. The highest BCUT2D eigenvalue weighted by Gasteiger charge is 2.69. The summed E-state index contributed by atoms with van der Waals surface area (Å²) in [6.07, 6.45) is 11.9. The van der Waals surface area contributed by atoms with E-state index in [4.69, 9.17) is 0 Å². The van der Waals surface area contributed by atoms with Gasteiger partial charge in [-0.25, -0.2) is 0 Å². The lowest BCUT2D eigenvalue weighted by Crippen LogP contribution is -2.55. The Labute approximate surface area is 176 Å². The highest BCUT2D eigenvalue weighted by atomic mass is 16.1. The molecule has 7 atom stereocenters. The molecule has 0 heterocycles. The molecule has 2 heteroatoms. The summed E-state index contributed by atoms with van der Waals surface area (Å²) in [6, 6.07) is 0. The number of rotatable bonds is 1. The third-order valence-corrected chi connectivity index (χ3v) is 11.1. The van der Waals surface area contributed by atoms with Gasteiger partial charge in [0, 0.05) is 11.8 Å². The van der Waals surface area contributed by atoms with Crippen LogP contribution < -0.4 is 0 Å². The average molecular weight is 395 g/mol. The summed E-state index contributed by atoms with van der Waals surface area (Å²) in [5.41, 5.74) is 4.70. The van der Waals surface area contributed by atoms with Crippen LogP contribution in [0.15, 0.2) is 22.8 Å². The van der Waals surface area contributed by atoms with Crippen molar-refractivity contribution in [2.75, 3.05) is 0 Å². The minimum atomic E-state index is -0.133. The molecule has 158 valence electrons. The Hall–Kier alpha value is -1.18. The first-order valence-corrected chi connectivity index (χ1v) is 12.0. The van der Waals surface area contributed by atoms with Crippen molar-refractivity contribution in [1.82, 2.24) is 0 Å². The van der Waals surface area contributed by atoms with Crippen molar-refractivity contribution < 1.29 is 9.59 Å². The van der Waals surface area contributed by atoms with Crippen LogP contribution in [0.1, 0.15) is 92.4 Å². The fourth-order valence-electron chi connectivity index (χ4n) is 9.37. The molecular weight excluding hydrogens is 356 g/mol. The maximum absolute atomic E-state index is 13.3. The number of hydrogen-bond donors (Lipinski definition) is 0. The standard InChI is InChI=1S/C27H38O2/c1-16-12-20-14-24-22-7-6-19-13-21(29)8-10-25(19,4)23(22)9-11-26(24,5)27(20,18(3)28)15-17(16)2/h13,20,22-24H,6-12,14-15H2,1-5H3/t20-,22-,23+,24-,25+,26-,27+/m0/s1. The number of hydrogen-bond acceptors (Lipinski definition) is 2. The molecule has 0 aromatic heterocycles. The number of carbonyl (C=O) groups is 2. The molecule has 0 amide bonds. The molecule has 0 aliphatic heterocycles. The van der Waals surface area contributed by atoms with Crippen molar-refractivity contribution in [3.8, 4) is 0 Å². The third-order valence-electron chi connectivity index (χ3n) is 11.1. The lowest BCUT2D eigenvalue weighted by atomic mass is 9.43. The second-order valence-corrected chi connectivity index (χ2v) is 11.8. The normalized spacial score (nSPS) is 49.0. The third kappa shape index (κ3) is 2.35. The molecule has 0 aromatic rings. The quantitative estimate of drug-likeness (QED) is 0.479. The predicted molar refractivity (Wildman–Crippen MR) is 116 cm³/mol. The van der Waals surface area contributed by atoms with Crippen LogP contribution in [0.25, 0.3) is 0 Å². The van der Waals surface area contributed by atoms with Crippen LogP contribution in [0.5, 0.6) is 0 Å². The van der Waals surface area contributed by atoms with E-state index in [1.54, 1.807) is 0 Å². The summed E-state index contributed by atoms with van der Waals surface area (Å²) in [5, 5.41) is 0. The lowest BCUT2D eigenvalue weighted by Gasteiger charge is -2.60. The van der Waals surface area contributed by atoms with Crippen LogP contribution in [0.3, 0.4) is 0 Å². The van der Waals surface area contributed by atoms with Crippen molar-refractivity contribution in [2.45, 2.75) is 92.4 Å². The summed E-state index contributed by atoms with van der Waals surface area (Å²) in [4.78, 5) is 25.4. The Balaban J connectivity index is 1.56. The van der Waals surface area contributed by atoms with Gasteiger partial charge in [-0.05, 0) is 113 Å². The van der Waals surface area contributed by atoms with E-state index < -0.39 is 0 Å². The summed E-state index contributed by atoms with van der Waals surface area (Å²) in [7, 11) is 0. The van der Waals surface area contributed by atoms with E-state index in [0.29, 0.717) is 29.3 Å². The highest BCUT2D eigenvalue weighted by molar-refractivity contribution is 5.91. The zero-order chi connectivity index (χ0) is 20.8. The molecule has 5 aliphatic rings. The number of carbonyl (C=O) groups excluding carboxylic acids is 2. The fraction of sp³-hybridized carbons (Fsp3) is 0.778. The second kappa shape index (κ2) is 6.17. The van der Waals surface area contributed by atoms with Gasteiger partial charge in [0.15, 0.2) is 5.78 Å². The van der Waals surface area contributed by atoms with Gasteiger partial charge in [0.2, 0.25) is 0 Å². The number of Topliss-reactive ketones (excluding diaryl/α,β-unsaturated/α-hetero) is 1. The molecule has 0 unspecified atom stereocenters. The van der Waals surface area contributed by atoms with Gasteiger partial charge in [-0.1, -0.05) is 30.6 Å². The number of ketones is 2. The SMILES string of the molecule is CC(=O)[C@]12CC(C)=C(C)C[C@H]1C[C@H]1[C@H]3CCC4=CC(=O)CC[C@@]4(C)[C@@H]3CC[C@@]12C. The summed E-state index contributed by atoms with van der Waals surface area (Å²) < 4.78 is 0. The maximum Gasteiger partial charge on any atom is 0.155 e. The highest BCUT2D eigenvalue weighted by Crippen LogP contribution is 2.74. The zero-order valence-electron chi connectivity index (χ0n) is 19.1. The Bertz CT molecular complexity index is 847. The van der Waals surface area contributed by atoms with E-state index in [0.717, 1.165) is 38.0 Å². The second-order valence-electron chi connectivity index (χ2n) is 11.8. The van der Waals surface area contributed by atoms with E-state index in [9.17, 15) is 9.59 Å². The van der Waals surface area contributed by atoms with Crippen LogP contribution in [-0.2, 0) is 9.59 Å². The zero-order valence-corrected chi connectivity index (χ0v) is 19.1. The van der Waals surface area contributed by atoms with E-state index >= 15 is 0 Å². The first-order chi connectivity index (χ1) is 13.6. The Morgan fingerprint density at radius 3 is 2.52 bits per heavy atom. The Morgan fingerprint density at radius 2 is 1.79 bits per heavy atom. The molecule has 3 saturated carbocycles. The van der Waals surface area contributed by atoms with Gasteiger partial charge in [-0.2, -0.15) is 0 Å². The minimum Gasteiger partial charge on any atom is -0.299 e. The summed E-state index contributed by atoms with van der Waals surface area (Å²) in [6.45, 7) is 11.4.